The number of carbonyl (C=O) groups is 1. The third-order valence-electron chi connectivity index (χ3n) is 3.13. The molecule has 0 saturated heterocycles. The zero-order chi connectivity index (χ0) is 16.9. The van der Waals surface area contributed by atoms with Gasteiger partial charge in [0.25, 0.3) is 5.91 Å². The lowest BCUT2D eigenvalue weighted by Crippen LogP contribution is -2.25. The lowest BCUT2D eigenvalue weighted by Gasteiger charge is -2.02. The highest BCUT2D eigenvalue weighted by atomic mass is 79.9. The molecule has 2 heterocycles. The fourth-order valence-corrected chi connectivity index (χ4v) is 3.13. The van der Waals surface area contributed by atoms with Gasteiger partial charge in [-0.3, -0.25) is 4.79 Å². The summed E-state index contributed by atoms with van der Waals surface area (Å²) in [6.07, 6.45) is 1.78. The molecule has 0 aliphatic carbocycles. The molecular formula is C16H13BrClN3O2S. The predicted molar refractivity (Wildman–Crippen MR) is 98.5 cm³/mol. The van der Waals surface area contributed by atoms with E-state index >= 15 is 0 Å². The monoisotopic (exact) mass is 425 g/mol. The van der Waals surface area contributed by atoms with E-state index in [0.29, 0.717) is 22.0 Å². The first-order valence-electron chi connectivity index (χ1n) is 7.09. The van der Waals surface area contributed by atoms with Gasteiger partial charge in [0.05, 0.1) is 11.9 Å². The Morgan fingerprint density at radius 1 is 1.29 bits per heavy atom. The maximum absolute atomic E-state index is 11.8. The quantitative estimate of drug-likeness (QED) is 0.446. The predicted octanol–water partition coefficient (Wildman–Crippen LogP) is 4.61. The standard InChI is InChI=1S/C16H13BrClN3O2S/c17-14-6-5-13(23-14)15(22)19-7-8-24-16-20-9-12(21-16)10-1-3-11(18)4-2-10/h1-6,9H,7-8H2,(H,19,22)(H,20,21). The third kappa shape index (κ3) is 4.43. The van der Waals surface area contributed by atoms with Crippen LogP contribution in [0.1, 0.15) is 10.6 Å². The molecule has 124 valence electrons. The average Bonchev–Trinajstić information content (AvgIpc) is 3.21. The minimum atomic E-state index is -0.234. The molecule has 1 aromatic carbocycles. The normalized spacial score (nSPS) is 10.8. The molecule has 1 amide bonds. The summed E-state index contributed by atoms with van der Waals surface area (Å²) in [7, 11) is 0. The second-order valence-corrected chi connectivity index (χ2v) is 7.12. The van der Waals surface area contributed by atoms with Crippen LogP contribution in [0.25, 0.3) is 11.3 Å². The van der Waals surface area contributed by atoms with E-state index in [9.17, 15) is 4.79 Å². The number of aromatic nitrogens is 2. The maximum Gasteiger partial charge on any atom is 0.287 e. The van der Waals surface area contributed by atoms with Gasteiger partial charge in [-0.25, -0.2) is 4.98 Å². The van der Waals surface area contributed by atoms with E-state index < -0.39 is 0 Å². The molecule has 2 aromatic heterocycles. The van der Waals surface area contributed by atoms with Crippen molar-refractivity contribution in [3.05, 3.63) is 58.0 Å². The van der Waals surface area contributed by atoms with Crippen molar-refractivity contribution >= 4 is 45.2 Å². The van der Waals surface area contributed by atoms with E-state index in [-0.39, 0.29) is 11.7 Å². The summed E-state index contributed by atoms with van der Waals surface area (Å²) >= 11 is 10.6. The number of nitrogens with zero attached hydrogens (tertiary/aromatic N) is 1. The Labute approximate surface area is 156 Å². The van der Waals surface area contributed by atoms with Crippen molar-refractivity contribution < 1.29 is 9.21 Å². The average molecular weight is 427 g/mol. The Balaban J connectivity index is 1.47. The van der Waals surface area contributed by atoms with Gasteiger partial charge in [-0.1, -0.05) is 35.5 Å². The van der Waals surface area contributed by atoms with E-state index in [0.717, 1.165) is 16.4 Å². The highest BCUT2D eigenvalue weighted by Crippen LogP contribution is 2.22. The Hall–Kier alpha value is -1.70. The summed E-state index contributed by atoms with van der Waals surface area (Å²) in [4.78, 5) is 19.4. The third-order valence-corrected chi connectivity index (χ3v) is 4.70. The van der Waals surface area contributed by atoms with Gasteiger partial charge in [-0.2, -0.15) is 0 Å². The van der Waals surface area contributed by atoms with Crippen LogP contribution in [0.2, 0.25) is 5.02 Å². The highest BCUT2D eigenvalue weighted by molar-refractivity contribution is 9.10. The van der Waals surface area contributed by atoms with Gasteiger partial charge in [0.1, 0.15) is 0 Å². The molecule has 24 heavy (non-hydrogen) atoms. The molecule has 0 saturated carbocycles. The van der Waals surface area contributed by atoms with Gasteiger partial charge >= 0.3 is 0 Å². The molecule has 0 unspecified atom stereocenters. The number of benzene rings is 1. The summed E-state index contributed by atoms with van der Waals surface area (Å²) in [5.74, 6) is 0.749. The number of rotatable bonds is 6. The number of hydrogen-bond acceptors (Lipinski definition) is 4. The molecule has 0 atom stereocenters. The van der Waals surface area contributed by atoms with E-state index in [1.165, 1.54) is 11.8 Å². The second kappa shape index (κ2) is 7.92. The number of thioether (sulfide) groups is 1. The van der Waals surface area contributed by atoms with Crippen LogP contribution < -0.4 is 5.32 Å². The minimum absolute atomic E-state index is 0.234. The Morgan fingerprint density at radius 2 is 2.08 bits per heavy atom. The molecule has 0 fully saturated rings. The first-order chi connectivity index (χ1) is 11.6. The number of imidazole rings is 1. The van der Waals surface area contributed by atoms with Gasteiger partial charge < -0.3 is 14.7 Å². The second-order valence-electron chi connectivity index (χ2n) is 4.82. The van der Waals surface area contributed by atoms with Crippen molar-refractivity contribution in [2.45, 2.75) is 5.16 Å². The zero-order valence-corrected chi connectivity index (χ0v) is 15.5. The number of hydrogen-bond donors (Lipinski definition) is 2. The van der Waals surface area contributed by atoms with Crippen molar-refractivity contribution in [2.24, 2.45) is 0 Å². The Morgan fingerprint density at radius 3 is 2.79 bits per heavy atom. The van der Waals surface area contributed by atoms with Gasteiger partial charge in [-0.05, 0) is 45.8 Å². The summed E-state index contributed by atoms with van der Waals surface area (Å²) in [6.45, 7) is 0.513. The zero-order valence-electron chi connectivity index (χ0n) is 12.4. The molecule has 3 rings (SSSR count). The summed E-state index contributed by atoms with van der Waals surface area (Å²) in [5, 5.41) is 4.30. The first kappa shape index (κ1) is 17.1. The van der Waals surface area contributed by atoms with Crippen LogP contribution >= 0.6 is 39.3 Å². The number of H-pyrrole nitrogens is 1. The lowest BCUT2D eigenvalue weighted by atomic mass is 10.2. The number of furan rings is 1. The molecule has 0 aliphatic heterocycles. The van der Waals surface area contributed by atoms with Gasteiger partial charge in [-0.15, -0.1) is 0 Å². The number of halogens is 2. The molecule has 0 aliphatic rings. The van der Waals surface area contributed by atoms with Gasteiger partial charge in [0.2, 0.25) is 0 Å². The summed E-state index contributed by atoms with van der Waals surface area (Å²) in [5.41, 5.74) is 1.95. The van der Waals surface area contributed by atoms with Crippen LogP contribution in [0.3, 0.4) is 0 Å². The van der Waals surface area contributed by atoms with Crippen molar-refractivity contribution in [1.29, 1.82) is 0 Å². The number of amides is 1. The van der Waals surface area contributed by atoms with Gasteiger partial charge in [0, 0.05) is 17.3 Å². The van der Waals surface area contributed by atoms with Crippen molar-refractivity contribution in [2.75, 3.05) is 12.3 Å². The van der Waals surface area contributed by atoms with Crippen molar-refractivity contribution in [3.63, 3.8) is 0 Å². The van der Waals surface area contributed by atoms with Crippen molar-refractivity contribution in [1.82, 2.24) is 15.3 Å². The molecule has 0 spiro atoms. The van der Waals surface area contributed by atoms with Crippen LogP contribution in [0.4, 0.5) is 0 Å². The number of nitrogens with one attached hydrogen (secondary N) is 2. The molecule has 0 radical (unpaired) electrons. The molecule has 5 nitrogen and oxygen atoms in total. The summed E-state index contributed by atoms with van der Waals surface area (Å²) < 4.78 is 5.73. The number of carbonyl (C=O) groups excluding carboxylic acids is 1. The van der Waals surface area contributed by atoms with E-state index in [4.69, 9.17) is 16.0 Å². The summed E-state index contributed by atoms with van der Waals surface area (Å²) in [6, 6.07) is 10.9. The SMILES string of the molecule is O=C(NCCSc1ncc(-c2ccc(Cl)cc2)[nH]1)c1ccc(Br)o1. The Bertz CT molecular complexity index is 832. The molecule has 2 N–H and O–H groups in total. The minimum Gasteiger partial charge on any atom is -0.444 e. The fraction of sp³-hybridized carbons (Fsp3) is 0.125. The molecule has 3 aromatic rings. The lowest BCUT2D eigenvalue weighted by molar-refractivity contribution is 0.0927. The largest absolute Gasteiger partial charge is 0.444 e. The fourth-order valence-electron chi connectivity index (χ4n) is 1.99. The van der Waals surface area contributed by atoms with E-state index in [1.807, 2.05) is 24.3 Å². The Kier molecular flexibility index (Phi) is 5.65. The molecular weight excluding hydrogens is 414 g/mol. The smallest absolute Gasteiger partial charge is 0.287 e. The molecule has 0 bridgehead atoms. The van der Waals surface area contributed by atoms with E-state index in [1.54, 1.807) is 18.3 Å². The first-order valence-corrected chi connectivity index (χ1v) is 9.25. The maximum atomic E-state index is 11.8. The molecule has 8 heteroatoms. The highest BCUT2D eigenvalue weighted by Gasteiger charge is 2.10. The van der Waals surface area contributed by atoms with E-state index in [2.05, 4.69) is 31.2 Å². The van der Waals surface area contributed by atoms with Crippen LogP contribution in [-0.4, -0.2) is 28.2 Å². The van der Waals surface area contributed by atoms with Gasteiger partial charge in [0.15, 0.2) is 15.6 Å². The van der Waals surface area contributed by atoms with Crippen LogP contribution in [0.5, 0.6) is 0 Å². The van der Waals surface area contributed by atoms with Crippen LogP contribution in [0.15, 0.2) is 56.8 Å². The van der Waals surface area contributed by atoms with Crippen LogP contribution in [0, 0.1) is 0 Å². The topological polar surface area (TPSA) is 70.9 Å². The number of aromatic amines is 1. The van der Waals surface area contributed by atoms with Crippen molar-refractivity contribution in [3.8, 4) is 11.3 Å². The van der Waals surface area contributed by atoms with Crippen LogP contribution in [-0.2, 0) is 0 Å².